The Morgan fingerprint density at radius 1 is 1.06 bits per heavy atom. The zero-order valence-electron chi connectivity index (χ0n) is 6.99. The Hall–Kier alpha value is -2.93. The third kappa shape index (κ3) is 1.24. The van der Waals surface area contributed by atoms with Crippen molar-refractivity contribution in [2.45, 2.75) is 5.79 Å². The lowest BCUT2D eigenvalue weighted by molar-refractivity contribution is -0.987. The van der Waals surface area contributed by atoms with Gasteiger partial charge in [-0.05, 0) is 0 Å². The van der Waals surface area contributed by atoms with E-state index in [1.807, 2.05) is 0 Å². The zero-order chi connectivity index (χ0) is 12.5. The molecular weight excluding hydrogens is 234 g/mol. The van der Waals surface area contributed by atoms with E-state index in [1.54, 1.807) is 0 Å². The summed E-state index contributed by atoms with van der Waals surface area (Å²) in [5.41, 5.74) is 0. The van der Waals surface area contributed by atoms with Gasteiger partial charge in [-0.15, -0.1) is 5.10 Å². The minimum Gasteiger partial charge on any atom is -0.773 e. The first kappa shape index (κ1) is 11.1. The van der Waals surface area contributed by atoms with E-state index in [2.05, 4.69) is 15.4 Å². The van der Waals surface area contributed by atoms with Gasteiger partial charge >= 0.3 is 11.6 Å². The quantitative estimate of drug-likeness (QED) is 0.317. The maximum Gasteiger partial charge on any atom is 0.766 e. The summed E-state index contributed by atoms with van der Waals surface area (Å²) in [5.74, 6) is -5.55. The van der Waals surface area contributed by atoms with Crippen LogP contribution in [0.3, 0.4) is 0 Å². The predicted molar refractivity (Wildman–Crippen MR) is 39.2 cm³/mol. The Balaban J connectivity index is 3.51. The van der Waals surface area contributed by atoms with E-state index in [4.69, 9.17) is 0 Å². The first-order chi connectivity index (χ1) is 7.33. The Morgan fingerprint density at radius 2 is 1.50 bits per heavy atom. The molecule has 0 aromatic carbocycles. The van der Waals surface area contributed by atoms with Crippen molar-refractivity contribution >= 4 is 0 Å². The number of hydrogen-bond acceptors (Lipinski definition) is 10. The molecular formula is C2N7O7-. The smallest absolute Gasteiger partial charge is 0.766 e. The molecule has 1 heterocycles. The van der Waals surface area contributed by atoms with Crippen molar-refractivity contribution in [1.82, 2.24) is 20.4 Å². The minimum atomic E-state index is -4.03. The molecule has 0 spiro atoms. The molecule has 1 aromatic heterocycles. The van der Waals surface area contributed by atoms with Crippen molar-refractivity contribution in [1.29, 1.82) is 0 Å². The van der Waals surface area contributed by atoms with Crippen molar-refractivity contribution in [2.24, 2.45) is 0 Å². The van der Waals surface area contributed by atoms with E-state index in [0.717, 1.165) is 0 Å². The lowest BCUT2D eigenvalue weighted by atomic mass is 10.3. The monoisotopic (exact) mass is 234 g/mol. The van der Waals surface area contributed by atoms with Gasteiger partial charge in [0.25, 0.3) is 0 Å². The van der Waals surface area contributed by atoms with Crippen LogP contribution in [0.1, 0.15) is 5.82 Å². The molecule has 0 bridgehead atoms. The fraction of sp³-hybridized carbons (Fsp3) is 0.500. The summed E-state index contributed by atoms with van der Waals surface area (Å²) in [4.78, 5) is 25.2. The van der Waals surface area contributed by atoms with E-state index >= 15 is 0 Å². The number of hydrogen-bond donors (Lipinski definition) is 0. The number of tetrazole rings is 1. The third-order valence-electron chi connectivity index (χ3n) is 1.46. The van der Waals surface area contributed by atoms with Crippen LogP contribution in [0.4, 0.5) is 0 Å². The average Bonchev–Trinajstić information content (AvgIpc) is 2.50. The maximum atomic E-state index is 10.4. The summed E-state index contributed by atoms with van der Waals surface area (Å²) in [6.45, 7) is 0. The molecule has 0 N–H and O–H groups in total. The van der Waals surface area contributed by atoms with Crippen molar-refractivity contribution in [2.75, 3.05) is 0 Å². The summed E-state index contributed by atoms with van der Waals surface area (Å²) in [6.07, 6.45) is 0. The molecule has 0 saturated heterocycles. The molecule has 1 aromatic rings. The summed E-state index contributed by atoms with van der Waals surface area (Å²) < 4.78 is 0. The highest BCUT2D eigenvalue weighted by atomic mass is 16.7. The molecule has 0 unspecified atom stereocenters. The van der Waals surface area contributed by atoms with Gasteiger partial charge in [0.2, 0.25) is 0 Å². The highest BCUT2D eigenvalue weighted by Gasteiger charge is 2.77. The zero-order valence-corrected chi connectivity index (χ0v) is 6.99. The van der Waals surface area contributed by atoms with Crippen molar-refractivity contribution < 1.29 is 14.8 Å². The normalized spacial score (nSPS) is 11.0. The Kier molecular flexibility index (Phi) is 2.32. The van der Waals surface area contributed by atoms with Crippen LogP contribution in [0.15, 0.2) is 0 Å². The third-order valence-corrected chi connectivity index (χ3v) is 1.46. The molecule has 0 aliphatic heterocycles. The summed E-state index contributed by atoms with van der Waals surface area (Å²) in [5, 5.41) is 49.3. The molecule has 16 heavy (non-hydrogen) atoms. The molecule has 0 atom stereocenters. The SMILES string of the molecule is O=[N+]([O-])C(c1nnn([O-])n1)([N+](=O)[O-])[N+](=O)[O-]. The predicted octanol–water partition coefficient (Wildman–Crippen LogP) is -2.04. The van der Waals surface area contributed by atoms with Crippen molar-refractivity contribution in [3.8, 4) is 0 Å². The van der Waals surface area contributed by atoms with Gasteiger partial charge in [0.15, 0.2) is 14.8 Å². The van der Waals surface area contributed by atoms with E-state index in [-0.39, 0.29) is 0 Å². The minimum absolute atomic E-state index is 0.611. The van der Waals surface area contributed by atoms with Crippen LogP contribution in [-0.4, -0.2) is 35.1 Å². The van der Waals surface area contributed by atoms with Crippen LogP contribution < -0.4 is 0 Å². The standard InChI is InChI=1S/C2N7O7/c10-6(11)2(7(12)13,8(14)15)1-3-5-9(16)4-1/q-1. The Morgan fingerprint density at radius 3 is 1.75 bits per heavy atom. The van der Waals surface area contributed by atoms with Gasteiger partial charge in [0.1, 0.15) is 0 Å². The second-order valence-electron chi connectivity index (χ2n) is 2.27. The molecule has 0 fully saturated rings. The summed E-state index contributed by atoms with van der Waals surface area (Å²) in [7, 11) is 0. The van der Waals surface area contributed by atoms with E-state index in [1.165, 1.54) is 0 Å². The first-order valence-corrected chi connectivity index (χ1v) is 3.25. The largest absolute Gasteiger partial charge is 0.773 e. The van der Waals surface area contributed by atoms with Gasteiger partial charge in [0, 0.05) is 0 Å². The van der Waals surface area contributed by atoms with Crippen molar-refractivity contribution in [3.05, 3.63) is 41.4 Å². The number of nitrogens with zero attached hydrogens (tertiary/aromatic N) is 7. The molecule has 0 radical (unpaired) electrons. The van der Waals surface area contributed by atoms with E-state index < -0.39 is 31.3 Å². The van der Waals surface area contributed by atoms with Gasteiger partial charge < -0.3 is 5.21 Å². The lowest BCUT2D eigenvalue weighted by Crippen LogP contribution is -2.51. The second-order valence-corrected chi connectivity index (χ2v) is 2.27. The van der Waals surface area contributed by atoms with E-state index in [0.29, 0.717) is 0 Å². The van der Waals surface area contributed by atoms with Crippen LogP contribution in [0, 0.1) is 35.6 Å². The molecule has 86 valence electrons. The van der Waals surface area contributed by atoms with Crippen LogP contribution in [0.25, 0.3) is 0 Å². The summed E-state index contributed by atoms with van der Waals surface area (Å²) >= 11 is 0. The van der Waals surface area contributed by atoms with Crippen molar-refractivity contribution in [3.63, 3.8) is 0 Å². The Bertz CT molecular complexity index is 427. The molecule has 14 nitrogen and oxygen atoms in total. The fourth-order valence-corrected chi connectivity index (χ4v) is 0.781. The van der Waals surface area contributed by atoms with Gasteiger partial charge in [-0.3, -0.25) is 30.3 Å². The fourth-order valence-electron chi connectivity index (χ4n) is 0.781. The van der Waals surface area contributed by atoms with E-state index in [9.17, 15) is 35.6 Å². The van der Waals surface area contributed by atoms with Crippen LogP contribution in [0.2, 0.25) is 0 Å². The number of rotatable bonds is 4. The molecule has 14 heteroatoms. The molecule has 0 saturated carbocycles. The second kappa shape index (κ2) is 3.33. The molecule has 0 aliphatic carbocycles. The maximum absolute atomic E-state index is 10.4. The molecule has 0 aliphatic rings. The number of nitro groups is 3. The van der Waals surface area contributed by atoms with Gasteiger partial charge in [-0.2, -0.15) is 4.96 Å². The highest BCUT2D eigenvalue weighted by Crippen LogP contribution is 2.22. The van der Waals surface area contributed by atoms with Crippen LogP contribution >= 0.6 is 0 Å². The lowest BCUT2D eigenvalue weighted by Gasteiger charge is -2.04. The molecule has 0 amide bonds. The van der Waals surface area contributed by atoms with Gasteiger partial charge in [0.05, 0.1) is 0 Å². The van der Waals surface area contributed by atoms with Crippen LogP contribution in [-0.2, 0) is 5.79 Å². The topological polar surface area (TPSA) is 196 Å². The number of aromatic nitrogens is 4. The van der Waals surface area contributed by atoms with Gasteiger partial charge in [-0.1, -0.05) is 10.3 Å². The van der Waals surface area contributed by atoms with Gasteiger partial charge in [-0.25, -0.2) is 0 Å². The average molecular weight is 234 g/mol. The first-order valence-electron chi connectivity index (χ1n) is 3.25. The molecule has 1 rings (SSSR count). The van der Waals surface area contributed by atoms with Crippen LogP contribution in [0.5, 0.6) is 0 Å². The summed E-state index contributed by atoms with van der Waals surface area (Å²) in [6, 6.07) is 0. The highest BCUT2D eigenvalue weighted by molar-refractivity contribution is 4.84. The Labute approximate surface area is 83.5 Å².